The molecule has 1 N–H and O–H groups in total. The van der Waals surface area contributed by atoms with Crippen molar-refractivity contribution in [1.82, 2.24) is 4.90 Å². The van der Waals surface area contributed by atoms with Crippen LogP contribution in [-0.4, -0.2) is 70.8 Å². The van der Waals surface area contributed by atoms with E-state index in [0.717, 1.165) is 0 Å². The van der Waals surface area contributed by atoms with Crippen LogP contribution < -0.4 is 4.90 Å². The molecule has 9 heteroatoms. The van der Waals surface area contributed by atoms with Gasteiger partial charge in [0.25, 0.3) is 5.91 Å². The highest BCUT2D eigenvalue weighted by Crippen LogP contribution is 2.61. The van der Waals surface area contributed by atoms with E-state index in [2.05, 4.69) is 0 Å². The molecule has 0 radical (unpaired) electrons. The van der Waals surface area contributed by atoms with Gasteiger partial charge in [-0.05, 0) is 56.9 Å². The molecule has 0 bridgehead atoms. The fourth-order valence-electron chi connectivity index (χ4n) is 6.63. The molecule has 1 aromatic carbocycles. The van der Waals surface area contributed by atoms with Crippen LogP contribution in [0.25, 0.3) is 0 Å². The second kappa shape index (κ2) is 9.81. The van der Waals surface area contributed by atoms with E-state index in [4.69, 9.17) is 21.1 Å². The third-order valence-electron chi connectivity index (χ3n) is 8.70. The molecular weight excluding hydrogens is 508 g/mol. The molecule has 5 rings (SSSR count). The number of nitrogens with zero attached hydrogens (tertiary/aromatic N) is 2. The Kier molecular flexibility index (Phi) is 6.95. The highest BCUT2D eigenvalue weighted by atomic mass is 35.5. The number of aliphatic hydroxyl groups is 1. The summed E-state index contributed by atoms with van der Waals surface area (Å²) in [5.41, 5.74) is -2.25. The predicted molar refractivity (Wildman–Crippen MR) is 142 cm³/mol. The third-order valence-corrected chi connectivity index (χ3v) is 8.95. The standard InChI is InChI=1S/C29H35ClN2O6/c1-17(2)21(16-33)32-24-25(34)31(20-12-10-19(30)11-13-20)15-7-14-29(24)28(4,27(32)36)23-22(38-29)9-6-5-8-18(3)37-26(23)35/h6-7,9-14,17-18,21-24,33H,5,8,15-16H2,1-4H3/b9-6-/t18?,21?,22-,23?,24-,28+,29?/m1/s1. The molecule has 2 fully saturated rings. The minimum Gasteiger partial charge on any atom is -0.462 e. The lowest BCUT2D eigenvalue weighted by molar-refractivity contribution is -0.162. The molecule has 7 atom stereocenters. The SMILES string of the molecule is CC1CC/C=C\[C@H]2OC34C=CCN(c5ccc(Cl)cc5)C(=O)[C@H]3N(C(CO)C(C)C)C(=O)[C@]4(C)C2C(=O)O1. The number of hydrogen-bond acceptors (Lipinski definition) is 6. The number of hydrogen-bond donors (Lipinski definition) is 1. The fourth-order valence-corrected chi connectivity index (χ4v) is 6.76. The lowest BCUT2D eigenvalue weighted by Crippen LogP contribution is -2.59. The lowest BCUT2D eigenvalue weighted by atomic mass is 9.65. The van der Waals surface area contributed by atoms with Crippen LogP contribution in [0.5, 0.6) is 0 Å². The molecular formula is C29H35ClN2O6. The van der Waals surface area contributed by atoms with Crippen LogP contribution in [0.3, 0.4) is 0 Å². The number of fused-ring (bicyclic) bond motifs is 2. The maximum absolute atomic E-state index is 14.6. The number of cyclic esters (lactones) is 1. The molecule has 1 aromatic rings. The van der Waals surface area contributed by atoms with Crippen LogP contribution in [0.15, 0.2) is 48.6 Å². The second-order valence-electron chi connectivity index (χ2n) is 11.2. The third kappa shape index (κ3) is 3.83. The van der Waals surface area contributed by atoms with Gasteiger partial charge in [-0.2, -0.15) is 0 Å². The Morgan fingerprint density at radius 2 is 1.87 bits per heavy atom. The Labute approximate surface area is 228 Å². The number of halogens is 1. The molecule has 0 aromatic heterocycles. The molecule has 2 amide bonds. The van der Waals surface area contributed by atoms with Crippen LogP contribution >= 0.6 is 11.6 Å². The van der Waals surface area contributed by atoms with Gasteiger partial charge in [0, 0.05) is 17.3 Å². The zero-order valence-corrected chi connectivity index (χ0v) is 22.9. The van der Waals surface area contributed by atoms with Crippen molar-refractivity contribution in [3.05, 3.63) is 53.6 Å². The van der Waals surface area contributed by atoms with Gasteiger partial charge >= 0.3 is 5.97 Å². The van der Waals surface area contributed by atoms with Crippen LogP contribution in [0.2, 0.25) is 5.02 Å². The number of amides is 2. The molecule has 8 nitrogen and oxygen atoms in total. The number of carbonyl (C=O) groups is 3. The molecule has 4 aliphatic heterocycles. The van der Waals surface area contributed by atoms with Gasteiger partial charge in [0.2, 0.25) is 5.91 Å². The van der Waals surface area contributed by atoms with Crippen LogP contribution in [0.4, 0.5) is 5.69 Å². The van der Waals surface area contributed by atoms with E-state index < -0.39 is 47.0 Å². The van der Waals surface area contributed by atoms with Gasteiger partial charge in [-0.1, -0.05) is 49.8 Å². The van der Waals surface area contributed by atoms with Gasteiger partial charge in [0.15, 0.2) is 0 Å². The molecule has 1 spiro atoms. The van der Waals surface area contributed by atoms with Crippen molar-refractivity contribution >= 4 is 35.1 Å². The molecule has 0 saturated carbocycles. The van der Waals surface area contributed by atoms with Gasteiger partial charge in [-0.3, -0.25) is 14.4 Å². The van der Waals surface area contributed by atoms with Crippen molar-refractivity contribution in [2.24, 2.45) is 17.3 Å². The van der Waals surface area contributed by atoms with Crippen molar-refractivity contribution in [1.29, 1.82) is 0 Å². The number of rotatable bonds is 4. The minimum atomic E-state index is -1.44. The van der Waals surface area contributed by atoms with E-state index in [0.29, 0.717) is 23.6 Å². The Bertz CT molecular complexity index is 1180. The summed E-state index contributed by atoms with van der Waals surface area (Å²) in [5, 5.41) is 11.0. The summed E-state index contributed by atoms with van der Waals surface area (Å²) in [5.74, 6) is -2.35. The molecule has 0 aliphatic carbocycles. The van der Waals surface area contributed by atoms with Gasteiger partial charge in [0.1, 0.15) is 17.6 Å². The summed E-state index contributed by atoms with van der Waals surface area (Å²) in [6.07, 6.45) is 7.73. The first-order chi connectivity index (χ1) is 18.1. The number of aliphatic hydroxyl groups excluding tert-OH is 1. The highest BCUT2D eigenvalue weighted by Gasteiger charge is 2.79. The molecule has 38 heavy (non-hydrogen) atoms. The number of esters is 1. The van der Waals surface area contributed by atoms with Crippen molar-refractivity contribution < 1.29 is 29.0 Å². The first-order valence-corrected chi connectivity index (χ1v) is 13.7. The van der Waals surface area contributed by atoms with E-state index in [9.17, 15) is 19.5 Å². The smallest absolute Gasteiger partial charge is 0.313 e. The number of carbonyl (C=O) groups excluding carboxylic acids is 3. The lowest BCUT2D eigenvalue weighted by Gasteiger charge is -2.40. The van der Waals surface area contributed by atoms with E-state index in [1.54, 1.807) is 42.2 Å². The van der Waals surface area contributed by atoms with Gasteiger partial charge in [-0.25, -0.2) is 0 Å². The summed E-state index contributed by atoms with van der Waals surface area (Å²) in [6, 6.07) is 5.18. The average Bonchev–Trinajstić information content (AvgIpc) is 3.17. The van der Waals surface area contributed by atoms with Gasteiger partial charge in [-0.15, -0.1) is 0 Å². The van der Waals surface area contributed by atoms with Gasteiger partial charge in [0.05, 0.1) is 30.3 Å². The van der Waals surface area contributed by atoms with Crippen LogP contribution in [0, 0.1) is 17.3 Å². The Morgan fingerprint density at radius 1 is 1.16 bits per heavy atom. The number of anilines is 1. The molecule has 4 unspecified atom stereocenters. The highest BCUT2D eigenvalue weighted by molar-refractivity contribution is 6.30. The first-order valence-electron chi connectivity index (χ1n) is 13.3. The monoisotopic (exact) mass is 542 g/mol. The topological polar surface area (TPSA) is 96.4 Å². The largest absolute Gasteiger partial charge is 0.462 e. The summed E-state index contributed by atoms with van der Waals surface area (Å²) < 4.78 is 12.5. The summed E-state index contributed by atoms with van der Waals surface area (Å²) in [4.78, 5) is 45.8. The van der Waals surface area contributed by atoms with E-state index >= 15 is 0 Å². The maximum atomic E-state index is 14.6. The summed E-state index contributed by atoms with van der Waals surface area (Å²) in [6.45, 7) is 7.26. The normalized spacial score (nSPS) is 36.6. The van der Waals surface area contributed by atoms with Gasteiger partial charge < -0.3 is 24.4 Å². The molecule has 4 heterocycles. The molecule has 2 saturated heterocycles. The number of benzene rings is 1. The van der Waals surface area contributed by atoms with Crippen molar-refractivity contribution in [3.8, 4) is 0 Å². The quantitative estimate of drug-likeness (QED) is 0.462. The van der Waals surface area contributed by atoms with E-state index in [1.165, 1.54) is 4.90 Å². The van der Waals surface area contributed by atoms with Crippen LogP contribution in [-0.2, 0) is 23.9 Å². The summed E-state index contributed by atoms with van der Waals surface area (Å²) >= 11 is 6.10. The minimum absolute atomic E-state index is 0.157. The Morgan fingerprint density at radius 3 is 2.53 bits per heavy atom. The zero-order chi connectivity index (χ0) is 27.4. The summed E-state index contributed by atoms with van der Waals surface area (Å²) in [7, 11) is 0. The van der Waals surface area contributed by atoms with E-state index in [1.807, 2.05) is 39.0 Å². The molecule has 4 aliphatic rings. The van der Waals surface area contributed by atoms with Crippen molar-refractivity contribution in [2.75, 3.05) is 18.1 Å². The van der Waals surface area contributed by atoms with Crippen LogP contribution in [0.1, 0.15) is 40.5 Å². The number of ether oxygens (including phenoxy) is 2. The number of allylic oxidation sites excluding steroid dienone is 1. The Hall–Kier alpha value is -2.68. The maximum Gasteiger partial charge on any atom is 0.313 e. The fraction of sp³-hybridized carbons (Fsp3) is 0.552. The predicted octanol–water partition coefficient (Wildman–Crippen LogP) is 3.51. The van der Waals surface area contributed by atoms with Crippen molar-refractivity contribution in [3.63, 3.8) is 0 Å². The Balaban J connectivity index is 1.70. The van der Waals surface area contributed by atoms with Crippen molar-refractivity contribution in [2.45, 2.75) is 70.4 Å². The average molecular weight is 543 g/mol. The molecule has 204 valence electrons. The zero-order valence-electron chi connectivity index (χ0n) is 22.2. The number of likely N-dealkylation sites (tertiary alicyclic amines) is 1. The first kappa shape index (κ1) is 26.9. The second-order valence-corrected chi connectivity index (χ2v) is 11.7. The van der Waals surface area contributed by atoms with E-state index in [-0.39, 0.29) is 31.1 Å².